The number of hydrogen-bond acceptors (Lipinski definition) is 4. The summed E-state index contributed by atoms with van der Waals surface area (Å²) < 4.78 is 0. The molecular formula is C27H23ClN2O3. The van der Waals surface area contributed by atoms with Crippen LogP contribution >= 0.6 is 11.6 Å². The molecule has 1 aliphatic carbocycles. The van der Waals surface area contributed by atoms with Gasteiger partial charge in [0, 0.05) is 28.7 Å². The maximum absolute atomic E-state index is 13.3. The van der Waals surface area contributed by atoms with E-state index in [0.29, 0.717) is 21.8 Å². The summed E-state index contributed by atoms with van der Waals surface area (Å²) in [6.45, 7) is 1.84. The van der Waals surface area contributed by atoms with Crippen molar-refractivity contribution in [3.63, 3.8) is 0 Å². The molecule has 1 fully saturated rings. The minimum Gasteiger partial charge on any atom is -0.507 e. The quantitative estimate of drug-likeness (QED) is 0.317. The average molecular weight is 459 g/mol. The maximum atomic E-state index is 13.3. The minimum atomic E-state index is -0.774. The molecule has 1 amide bonds. The van der Waals surface area contributed by atoms with Gasteiger partial charge in [-0.1, -0.05) is 23.7 Å². The average Bonchev–Trinajstić information content (AvgIpc) is 3.09. The number of aryl methyl sites for hydroxylation is 3. The predicted molar refractivity (Wildman–Crippen MR) is 128 cm³/mol. The van der Waals surface area contributed by atoms with Gasteiger partial charge in [-0.25, -0.2) is 0 Å². The van der Waals surface area contributed by atoms with E-state index < -0.39 is 17.7 Å². The van der Waals surface area contributed by atoms with E-state index in [4.69, 9.17) is 11.6 Å². The lowest BCUT2D eigenvalue weighted by atomic mass is 9.89. The number of aliphatic hydroxyl groups is 1. The molecule has 1 saturated heterocycles. The van der Waals surface area contributed by atoms with Gasteiger partial charge in [-0.2, -0.15) is 0 Å². The molecule has 2 aliphatic rings. The molecule has 1 unspecified atom stereocenters. The van der Waals surface area contributed by atoms with Crippen molar-refractivity contribution in [2.75, 3.05) is 4.90 Å². The zero-order chi connectivity index (χ0) is 23.1. The number of pyridine rings is 1. The lowest BCUT2D eigenvalue weighted by Crippen LogP contribution is -2.30. The van der Waals surface area contributed by atoms with Gasteiger partial charge in [0.25, 0.3) is 11.7 Å². The fraction of sp³-hybridized carbons (Fsp3) is 0.222. The number of carbonyl (C=O) groups is 2. The van der Waals surface area contributed by atoms with Crippen LogP contribution in [0.2, 0.25) is 5.02 Å². The number of hydrogen-bond donors (Lipinski definition) is 1. The number of rotatable bonds is 3. The summed E-state index contributed by atoms with van der Waals surface area (Å²) in [6.07, 6.45) is 7.46. The normalized spacial score (nSPS) is 19.6. The number of aliphatic hydroxyl groups excluding tert-OH is 1. The van der Waals surface area contributed by atoms with Crippen molar-refractivity contribution in [1.82, 2.24) is 4.98 Å². The number of aromatic nitrogens is 1. The van der Waals surface area contributed by atoms with Crippen molar-refractivity contribution < 1.29 is 14.7 Å². The summed E-state index contributed by atoms with van der Waals surface area (Å²) in [5.74, 6) is -1.54. The van der Waals surface area contributed by atoms with Crippen LogP contribution in [0.15, 0.2) is 66.5 Å². The number of carbonyl (C=O) groups excluding carboxylic acids is 2. The second-order valence-corrected chi connectivity index (χ2v) is 9.01. The number of benzene rings is 2. The molecule has 0 radical (unpaired) electrons. The summed E-state index contributed by atoms with van der Waals surface area (Å²) in [4.78, 5) is 32.1. The third-order valence-corrected chi connectivity index (χ3v) is 6.74. The molecule has 6 heteroatoms. The fourth-order valence-corrected chi connectivity index (χ4v) is 5.09. The molecule has 0 spiro atoms. The SMILES string of the molecule is Cc1cc(Cl)ccc1N1C(=O)C(=O)/C(=C(\O)c2ccc3c(c2)CCCC3)C1c1ccncc1. The first-order valence-corrected chi connectivity index (χ1v) is 11.4. The van der Waals surface area contributed by atoms with Crippen molar-refractivity contribution in [3.8, 4) is 0 Å². The van der Waals surface area contributed by atoms with Gasteiger partial charge in [0.05, 0.1) is 11.6 Å². The lowest BCUT2D eigenvalue weighted by molar-refractivity contribution is -0.132. The molecule has 2 heterocycles. The second-order valence-electron chi connectivity index (χ2n) is 8.57. The first-order chi connectivity index (χ1) is 16.0. The molecule has 2 aromatic carbocycles. The smallest absolute Gasteiger partial charge is 0.300 e. The van der Waals surface area contributed by atoms with E-state index in [2.05, 4.69) is 4.98 Å². The van der Waals surface area contributed by atoms with Crippen LogP contribution in [-0.2, 0) is 22.4 Å². The molecular weight excluding hydrogens is 436 g/mol. The van der Waals surface area contributed by atoms with E-state index in [-0.39, 0.29) is 11.3 Å². The zero-order valence-corrected chi connectivity index (χ0v) is 19.0. The Bertz CT molecular complexity index is 1300. The van der Waals surface area contributed by atoms with Crippen molar-refractivity contribution in [1.29, 1.82) is 0 Å². The van der Waals surface area contributed by atoms with Crippen LogP contribution in [0.3, 0.4) is 0 Å². The monoisotopic (exact) mass is 458 g/mol. The summed E-state index contributed by atoms with van der Waals surface area (Å²) in [7, 11) is 0. The Morgan fingerprint density at radius 2 is 1.73 bits per heavy atom. The van der Waals surface area contributed by atoms with Gasteiger partial charge >= 0.3 is 0 Å². The zero-order valence-electron chi connectivity index (χ0n) is 18.2. The second kappa shape index (κ2) is 8.49. The topological polar surface area (TPSA) is 70.5 Å². The Morgan fingerprint density at radius 1 is 1.00 bits per heavy atom. The number of halogens is 1. The highest BCUT2D eigenvalue weighted by molar-refractivity contribution is 6.51. The lowest BCUT2D eigenvalue weighted by Gasteiger charge is -2.27. The molecule has 0 saturated carbocycles. The van der Waals surface area contributed by atoms with Crippen LogP contribution in [0.5, 0.6) is 0 Å². The molecule has 0 bridgehead atoms. The van der Waals surface area contributed by atoms with E-state index in [9.17, 15) is 14.7 Å². The molecule has 5 rings (SSSR count). The van der Waals surface area contributed by atoms with Crippen molar-refractivity contribution in [2.45, 2.75) is 38.6 Å². The van der Waals surface area contributed by atoms with E-state index in [1.54, 1.807) is 42.7 Å². The van der Waals surface area contributed by atoms with E-state index >= 15 is 0 Å². The third-order valence-electron chi connectivity index (χ3n) is 6.51. The Morgan fingerprint density at radius 3 is 2.45 bits per heavy atom. The molecule has 1 atom stereocenters. The molecule has 166 valence electrons. The summed E-state index contributed by atoms with van der Waals surface area (Å²) in [5.41, 5.74) is 5.13. The highest BCUT2D eigenvalue weighted by atomic mass is 35.5. The van der Waals surface area contributed by atoms with Gasteiger partial charge in [0.15, 0.2) is 0 Å². The van der Waals surface area contributed by atoms with Crippen molar-refractivity contribution in [2.24, 2.45) is 0 Å². The van der Waals surface area contributed by atoms with Gasteiger partial charge in [-0.15, -0.1) is 0 Å². The van der Waals surface area contributed by atoms with Crippen LogP contribution in [0.4, 0.5) is 5.69 Å². The number of Topliss-reactive ketones (excluding diaryl/α,β-unsaturated/α-hetero) is 1. The first-order valence-electron chi connectivity index (χ1n) is 11.0. The van der Waals surface area contributed by atoms with Crippen LogP contribution in [0.25, 0.3) is 5.76 Å². The minimum absolute atomic E-state index is 0.0799. The van der Waals surface area contributed by atoms with Gasteiger partial charge in [-0.3, -0.25) is 19.5 Å². The summed E-state index contributed by atoms with van der Waals surface area (Å²) in [6, 6.07) is 13.7. The first kappa shape index (κ1) is 21.4. The van der Waals surface area contributed by atoms with Gasteiger partial charge < -0.3 is 5.11 Å². The largest absolute Gasteiger partial charge is 0.507 e. The van der Waals surface area contributed by atoms with E-state index in [0.717, 1.165) is 31.2 Å². The molecule has 5 nitrogen and oxygen atoms in total. The third kappa shape index (κ3) is 3.72. The Balaban J connectivity index is 1.70. The highest BCUT2D eigenvalue weighted by Crippen LogP contribution is 2.43. The molecule has 1 aromatic heterocycles. The molecule has 3 aromatic rings. The number of fused-ring (bicyclic) bond motifs is 1. The Labute approximate surface area is 197 Å². The predicted octanol–water partition coefficient (Wildman–Crippen LogP) is 5.55. The summed E-state index contributed by atoms with van der Waals surface area (Å²) >= 11 is 6.13. The number of anilines is 1. The van der Waals surface area contributed by atoms with Crippen LogP contribution in [0, 0.1) is 6.92 Å². The van der Waals surface area contributed by atoms with E-state index in [1.807, 2.05) is 25.1 Å². The van der Waals surface area contributed by atoms with Crippen molar-refractivity contribution >= 4 is 34.7 Å². The molecule has 1 N–H and O–H groups in total. The molecule has 1 aliphatic heterocycles. The van der Waals surface area contributed by atoms with Gasteiger partial charge in [0.1, 0.15) is 5.76 Å². The Hall–Kier alpha value is -3.44. The van der Waals surface area contributed by atoms with Crippen LogP contribution in [0.1, 0.15) is 46.7 Å². The highest BCUT2D eigenvalue weighted by Gasteiger charge is 2.47. The maximum Gasteiger partial charge on any atom is 0.300 e. The van der Waals surface area contributed by atoms with Gasteiger partial charge in [-0.05, 0) is 91.3 Å². The van der Waals surface area contributed by atoms with E-state index in [1.165, 1.54) is 16.0 Å². The van der Waals surface area contributed by atoms with Crippen molar-refractivity contribution in [3.05, 3.63) is 99.3 Å². The fourth-order valence-electron chi connectivity index (χ4n) is 4.87. The summed E-state index contributed by atoms with van der Waals surface area (Å²) in [5, 5.41) is 11.9. The number of ketones is 1. The van der Waals surface area contributed by atoms with Crippen LogP contribution < -0.4 is 4.90 Å². The van der Waals surface area contributed by atoms with Gasteiger partial charge in [0.2, 0.25) is 0 Å². The number of nitrogens with zero attached hydrogens (tertiary/aromatic N) is 2. The number of amides is 1. The Kier molecular flexibility index (Phi) is 5.51. The molecule has 33 heavy (non-hydrogen) atoms. The van der Waals surface area contributed by atoms with Crippen LogP contribution in [-0.4, -0.2) is 21.8 Å². The standard InChI is InChI=1S/C27H23ClN2O3/c1-16-14-21(28)8-9-22(16)30-24(18-10-12-29-13-11-18)23(26(32)27(30)33)25(31)20-7-6-17-4-2-3-5-19(17)15-20/h6-15,24,31H,2-5H2,1H3/b25-23-.